The Hall–Kier alpha value is -3.06. The SMILES string of the molecule is COc1ccc(C(=O)N2CCCC2c2nc(-c3ccc(Cl)cc3)no2)c(OC)c1. The van der Waals surface area contributed by atoms with E-state index in [0.717, 1.165) is 18.4 Å². The highest BCUT2D eigenvalue weighted by Crippen LogP contribution is 2.35. The maximum absolute atomic E-state index is 13.2. The topological polar surface area (TPSA) is 77.7 Å². The maximum Gasteiger partial charge on any atom is 0.258 e. The van der Waals surface area contributed by atoms with Crippen LogP contribution in [0.15, 0.2) is 47.0 Å². The van der Waals surface area contributed by atoms with Gasteiger partial charge in [0.25, 0.3) is 5.91 Å². The number of carbonyl (C=O) groups is 1. The zero-order valence-electron chi connectivity index (χ0n) is 16.1. The number of aromatic nitrogens is 2. The Morgan fingerprint density at radius 2 is 1.97 bits per heavy atom. The fourth-order valence-electron chi connectivity index (χ4n) is 3.48. The molecule has 0 radical (unpaired) electrons. The van der Waals surface area contributed by atoms with Crippen molar-refractivity contribution in [3.63, 3.8) is 0 Å². The number of rotatable bonds is 5. The number of benzene rings is 2. The van der Waals surface area contributed by atoms with Gasteiger partial charge in [-0.1, -0.05) is 16.8 Å². The summed E-state index contributed by atoms with van der Waals surface area (Å²) in [5, 5.41) is 4.71. The molecule has 7 nitrogen and oxygen atoms in total. The van der Waals surface area contributed by atoms with E-state index < -0.39 is 0 Å². The van der Waals surface area contributed by atoms with E-state index in [-0.39, 0.29) is 11.9 Å². The second-order valence-electron chi connectivity index (χ2n) is 6.69. The molecule has 3 aromatic rings. The molecule has 1 atom stereocenters. The predicted molar refractivity (Wildman–Crippen MR) is 107 cm³/mol. The van der Waals surface area contributed by atoms with Crippen molar-refractivity contribution in [1.82, 2.24) is 15.0 Å². The van der Waals surface area contributed by atoms with Crippen LogP contribution in [0.25, 0.3) is 11.4 Å². The Morgan fingerprint density at radius 1 is 1.17 bits per heavy atom. The third-order valence-electron chi connectivity index (χ3n) is 4.98. The van der Waals surface area contributed by atoms with Crippen LogP contribution in [-0.4, -0.2) is 41.7 Å². The largest absolute Gasteiger partial charge is 0.497 e. The van der Waals surface area contributed by atoms with Gasteiger partial charge in [0.2, 0.25) is 11.7 Å². The predicted octanol–water partition coefficient (Wildman–Crippen LogP) is 4.38. The minimum Gasteiger partial charge on any atom is -0.497 e. The van der Waals surface area contributed by atoms with Crippen molar-refractivity contribution in [2.45, 2.75) is 18.9 Å². The first-order valence-corrected chi connectivity index (χ1v) is 9.61. The summed E-state index contributed by atoms with van der Waals surface area (Å²) < 4.78 is 16.1. The van der Waals surface area contributed by atoms with Crippen LogP contribution in [0.4, 0.5) is 0 Å². The van der Waals surface area contributed by atoms with E-state index in [4.69, 9.17) is 25.6 Å². The van der Waals surface area contributed by atoms with Crippen molar-refractivity contribution < 1.29 is 18.8 Å². The molecule has 1 unspecified atom stereocenters. The standard InChI is InChI=1S/C21H20ClN3O4/c1-27-15-9-10-16(18(12-15)28-2)21(26)25-11-3-4-17(25)20-23-19(24-29-20)13-5-7-14(22)8-6-13/h5-10,12,17H,3-4,11H2,1-2H3. The van der Waals surface area contributed by atoms with E-state index in [0.29, 0.717) is 40.3 Å². The fraction of sp³-hybridized carbons (Fsp3) is 0.286. The van der Waals surface area contributed by atoms with Crippen LogP contribution >= 0.6 is 11.6 Å². The summed E-state index contributed by atoms with van der Waals surface area (Å²) in [6.07, 6.45) is 1.61. The van der Waals surface area contributed by atoms with E-state index in [2.05, 4.69) is 10.1 Å². The van der Waals surface area contributed by atoms with Gasteiger partial charge in [0.05, 0.1) is 19.8 Å². The first kappa shape index (κ1) is 19.3. The van der Waals surface area contributed by atoms with Crippen molar-refractivity contribution in [3.8, 4) is 22.9 Å². The normalized spacial score (nSPS) is 16.1. The second-order valence-corrected chi connectivity index (χ2v) is 7.12. The number of methoxy groups -OCH3 is 2. The van der Waals surface area contributed by atoms with Gasteiger partial charge in [-0.15, -0.1) is 0 Å². The summed E-state index contributed by atoms with van der Waals surface area (Å²) in [5.74, 6) is 1.85. The highest BCUT2D eigenvalue weighted by molar-refractivity contribution is 6.30. The highest BCUT2D eigenvalue weighted by Gasteiger charge is 2.35. The molecule has 1 saturated heterocycles. The van der Waals surface area contributed by atoms with Gasteiger partial charge in [-0.2, -0.15) is 4.98 Å². The monoisotopic (exact) mass is 413 g/mol. The molecule has 0 aliphatic carbocycles. The first-order valence-electron chi connectivity index (χ1n) is 9.23. The molecule has 1 fully saturated rings. The Labute approximate surface area is 173 Å². The van der Waals surface area contributed by atoms with E-state index in [1.54, 1.807) is 42.3 Å². The maximum atomic E-state index is 13.2. The Kier molecular flexibility index (Phi) is 5.40. The number of halogens is 1. The molecule has 0 bridgehead atoms. The quantitative estimate of drug-likeness (QED) is 0.617. The number of amides is 1. The van der Waals surface area contributed by atoms with Crippen LogP contribution in [0.1, 0.15) is 35.1 Å². The smallest absolute Gasteiger partial charge is 0.258 e. The number of likely N-dealkylation sites (tertiary alicyclic amines) is 1. The number of carbonyl (C=O) groups excluding carboxylic acids is 1. The lowest BCUT2D eigenvalue weighted by Gasteiger charge is -2.23. The Morgan fingerprint density at radius 3 is 2.69 bits per heavy atom. The van der Waals surface area contributed by atoms with Crippen LogP contribution in [0.3, 0.4) is 0 Å². The summed E-state index contributed by atoms with van der Waals surface area (Å²) >= 11 is 5.94. The zero-order valence-corrected chi connectivity index (χ0v) is 16.8. The summed E-state index contributed by atoms with van der Waals surface area (Å²) in [4.78, 5) is 19.5. The molecule has 0 spiro atoms. The zero-order chi connectivity index (χ0) is 20.4. The van der Waals surface area contributed by atoms with Gasteiger partial charge in [-0.3, -0.25) is 4.79 Å². The van der Waals surface area contributed by atoms with E-state index in [9.17, 15) is 4.79 Å². The minimum atomic E-state index is -0.275. The molecule has 150 valence electrons. The molecule has 29 heavy (non-hydrogen) atoms. The highest BCUT2D eigenvalue weighted by atomic mass is 35.5. The average molecular weight is 414 g/mol. The van der Waals surface area contributed by atoms with Crippen molar-refractivity contribution >= 4 is 17.5 Å². The van der Waals surface area contributed by atoms with Crippen LogP contribution in [0.2, 0.25) is 5.02 Å². The first-order chi connectivity index (χ1) is 14.1. The molecule has 1 amide bonds. The summed E-state index contributed by atoms with van der Waals surface area (Å²) in [6.45, 7) is 0.608. The molecular formula is C21H20ClN3O4. The number of hydrogen-bond donors (Lipinski definition) is 0. The van der Waals surface area contributed by atoms with E-state index >= 15 is 0 Å². The Balaban J connectivity index is 1.60. The summed E-state index contributed by atoms with van der Waals surface area (Å²) in [5.41, 5.74) is 1.27. The number of nitrogens with zero attached hydrogens (tertiary/aromatic N) is 3. The molecule has 0 N–H and O–H groups in total. The van der Waals surface area contributed by atoms with Crippen molar-refractivity contribution in [3.05, 3.63) is 58.9 Å². The van der Waals surface area contributed by atoms with Crippen LogP contribution in [0, 0.1) is 0 Å². The van der Waals surface area contributed by atoms with Crippen LogP contribution in [0.5, 0.6) is 11.5 Å². The molecule has 8 heteroatoms. The van der Waals surface area contributed by atoms with Gasteiger partial charge < -0.3 is 18.9 Å². The van der Waals surface area contributed by atoms with E-state index in [1.807, 2.05) is 12.1 Å². The second kappa shape index (κ2) is 8.13. The van der Waals surface area contributed by atoms with Gasteiger partial charge in [-0.05, 0) is 49.2 Å². The summed E-state index contributed by atoms with van der Waals surface area (Å²) in [6, 6.07) is 12.1. The number of hydrogen-bond acceptors (Lipinski definition) is 6. The third-order valence-corrected chi connectivity index (χ3v) is 5.23. The minimum absolute atomic E-state index is 0.141. The molecular weight excluding hydrogens is 394 g/mol. The molecule has 1 aliphatic heterocycles. The molecule has 2 heterocycles. The number of ether oxygens (including phenoxy) is 2. The van der Waals surface area contributed by atoms with Crippen molar-refractivity contribution in [2.75, 3.05) is 20.8 Å². The van der Waals surface area contributed by atoms with Gasteiger partial charge >= 0.3 is 0 Å². The van der Waals surface area contributed by atoms with Gasteiger partial charge in [0, 0.05) is 23.2 Å². The molecule has 0 saturated carbocycles. The molecule has 1 aliphatic rings. The van der Waals surface area contributed by atoms with Crippen molar-refractivity contribution in [2.24, 2.45) is 0 Å². The lowest BCUT2D eigenvalue weighted by atomic mass is 10.1. The average Bonchev–Trinajstić information content (AvgIpc) is 3.42. The third kappa shape index (κ3) is 3.78. The van der Waals surface area contributed by atoms with E-state index in [1.165, 1.54) is 7.11 Å². The summed E-state index contributed by atoms with van der Waals surface area (Å²) in [7, 11) is 3.10. The fourth-order valence-corrected chi connectivity index (χ4v) is 3.61. The molecule has 4 rings (SSSR count). The van der Waals surface area contributed by atoms with Crippen molar-refractivity contribution in [1.29, 1.82) is 0 Å². The van der Waals surface area contributed by atoms with Crippen LogP contribution in [-0.2, 0) is 0 Å². The Bertz CT molecular complexity index is 1020. The molecule has 1 aromatic heterocycles. The lowest BCUT2D eigenvalue weighted by molar-refractivity contribution is 0.0706. The van der Waals surface area contributed by atoms with Gasteiger partial charge in [0.15, 0.2) is 0 Å². The molecule has 2 aromatic carbocycles. The lowest BCUT2D eigenvalue weighted by Crippen LogP contribution is -2.31. The van der Waals surface area contributed by atoms with Gasteiger partial charge in [0.1, 0.15) is 17.5 Å². The van der Waals surface area contributed by atoms with Gasteiger partial charge in [-0.25, -0.2) is 0 Å². The van der Waals surface area contributed by atoms with Crippen LogP contribution < -0.4 is 9.47 Å².